The first-order valence-electron chi connectivity index (χ1n) is 7.44. The lowest BCUT2D eigenvalue weighted by Crippen LogP contribution is -2.28. The summed E-state index contributed by atoms with van der Waals surface area (Å²) in [5.41, 5.74) is -0.193. The van der Waals surface area contributed by atoms with Gasteiger partial charge in [0, 0.05) is 12.5 Å². The molecule has 0 amide bonds. The maximum atomic E-state index is 15.1. The van der Waals surface area contributed by atoms with Gasteiger partial charge in [-0.25, -0.2) is 9.18 Å². The molecule has 0 heterocycles. The van der Waals surface area contributed by atoms with Gasteiger partial charge in [-0.15, -0.1) is 0 Å². The summed E-state index contributed by atoms with van der Waals surface area (Å²) in [5, 5.41) is 0. The number of halogens is 4. The van der Waals surface area contributed by atoms with Crippen LogP contribution in [-0.4, -0.2) is 18.1 Å². The summed E-state index contributed by atoms with van der Waals surface area (Å²) in [7, 11) is 0. The van der Waals surface area contributed by atoms with Crippen molar-refractivity contribution in [3.8, 4) is 5.75 Å². The Morgan fingerprint density at radius 1 is 0.962 bits per heavy atom. The van der Waals surface area contributed by atoms with E-state index in [2.05, 4.69) is 4.74 Å². The molecule has 0 aromatic heterocycles. The van der Waals surface area contributed by atoms with E-state index in [9.17, 15) is 22.8 Å². The molecule has 2 rings (SSSR count). The fourth-order valence-corrected chi connectivity index (χ4v) is 2.24. The highest BCUT2D eigenvalue weighted by molar-refractivity contribution is 5.76. The van der Waals surface area contributed by atoms with Crippen molar-refractivity contribution in [3.63, 3.8) is 0 Å². The van der Waals surface area contributed by atoms with Crippen molar-refractivity contribution in [2.24, 2.45) is 0 Å². The number of benzene rings is 2. The number of ether oxygens (including phenoxy) is 2. The van der Waals surface area contributed by atoms with Crippen LogP contribution in [0.4, 0.5) is 17.6 Å². The van der Waals surface area contributed by atoms with Crippen LogP contribution in [0.25, 0.3) is 0 Å². The van der Waals surface area contributed by atoms with E-state index in [1.165, 1.54) is 48.5 Å². The molecule has 2 aromatic carbocycles. The van der Waals surface area contributed by atoms with Crippen LogP contribution in [-0.2, 0) is 14.3 Å². The summed E-state index contributed by atoms with van der Waals surface area (Å²) in [6, 6.07) is 12.6. The van der Waals surface area contributed by atoms with E-state index in [0.717, 1.165) is 6.92 Å². The summed E-state index contributed by atoms with van der Waals surface area (Å²) in [6.45, 7) is 1.10. The average molecular weight is 370 g/mol. The standard InChI is InChI=1S/C18H14F4O4/c1-11(23)25-14-10-6-5-9-13(14)15(19)16(12-7-3-2-4-8-12)26-17(24)18(20,21)22/h2-10,15-16H,1H3/t15-,16-/m1/s1. The Balaban J connectivity index is 2.42. The van der Waals surface area contributed by atoms with Crippen LogP contribution >= 0.6 is 0 Å². The highest BCUT2D eigenvalue weighted by Gasteiger charge is 2.44. The SMILES string of the molecule is CC(=O)Oc1ccccc1[C@@H](F)[C@H](OC(=O)C(F)(F)F)c1ccccc1. The van der Waals surface area contributed by atoms with E-state index in [1.54, 1.807) is 6.07 Å². The number of hydrogen-bond acceptors (Lipinski definition) is 4. The van der Waals surface area contributed by atoms with Gasteiger partial charge in [0.05, 0.1) is 0 Å². The monoisotopic (exact) mass is 370 g/mol. The number of carbonyl (C=O) groups is 2. The molecule has 0 aliphatic carbocycles. The molecule has 138 valence electrons. The van der Waals surface area contributed by atoms with Gasteiger partial charge in [0.25, 0.3) is 0 Å². The van der Waals surface area contributed by atoms with Crippen LogP contribution in [0.3, 0.4) is 0 Å². The molecule has 0 radical (unpaired) electrons. The Bertz CT molecular complexity index is 774. The number of hydrogen-bond donors (Lipinski definition) is 0. The van der Waals surface area contributed by atoms with E-state index < -0.39 is 30.4 Å². The molecule has 0 saturated heterocycles. The van der Waals surface area contributed by atoms with Crippen molar-refractivity contribution in [3.05, 3.63) is 65.7 Å². The fraction of sp³-hybridized carbons (Fsp3) is 0.222. The minimum Gasteiger partial charge on any atom is -0.447 e. The lowest BCUT2D eigenvalue weighted by molar-refractivity contribution is -0.208. The minimum atomic E-state index is -5.28. The zero-order valence-corrected chi connectivity index (χ0v) is 13.5. The number of carbonyl (C=O) groups excluding carboxylic acids is 2. The molecule has 0 aliphatic rings. The van der Waals surface area contributed by atoms with E-state index in [0.29, 0.717) is 0 Å². The quantitative estimate of drug-likeness (QED) is 0.443. The topological polar surface area (TPSA) is 52.6 Å². The van der Waals surface area contributed by atoms with E-state index in [-0.39, 0.29) is 16.9 Å². The molecule has 0 spiro atoms. The molecule has 26 heavy (non-hydrogen) atoms. The smallest absolute Gasteiger partial charge is 0.447 e. The van der Waals surface area contributed by atoms with Crippen molar-refractivity contribution in [1.82, 2.24) is 0 Å². The molecule has 2 aromatic rings. The molecular formula is C18H14F4O4. The van der Waals surface area contributed by atoms with E-state index in [1.807, 2.05) is 0 Å². The predicted octanol–water partition coefficient (Wildman–Crippen LogP) is 4.47. The Morgan fingerprint density at radius 2 is 1.54 bits per heavy atom. The van der Waals surface area contributed by atoms with Gasteiger partial charge in [0.2, 0.25) is 0 Å². The second-order valence-corrected chi connectivity index (χ2v) is 5.27. The summed E-state index contributed by atoms with van der Waals surface area (Å²) < 4.78 is 62.1. The van der Waals surface area contributed by atoms with Gasteiger partial charge >= 0.3 is 18.1 Å². The third-order valence-corrected chi connectivity index (χ3v) is 3.33. The summed E-state index contributed by atoms with van der Waals surface area (Å²) in [4.78, 5) is 22.4. The normalized spacial score (nSPS) is 13.6. The van der Waals surface area contributed by atoms with Crippen molar-refractivity contribution in [1.29, 1.82) is 0 Å². The zero-order valence-electron chi connectivity index (χ0n) is 13.5. The van der Waals surface area contributed by atoms with Gasteiger partial charge in [0.1, 0.15) is 5.75 Å². The van der Waals surface area contributed by atoms with Crippen molar-refractivity contribution < 1.29 is 36.6 Å². The van der Waals surface area contributed by atoms with Gasteiger partial charge in [-0.1, -0.05) is 48.5 Å². The summed E-state index contributed by atoms with van der Waals surface area (Å²) in [5.74, 6) is -3.41. The Morgan fingerprint density at radius 3 is 2.12 bits per heavy atom. The van der Waals surface area contributed by atoms with Gasteiger partial charge in [0.15, 0.2) is 12.3 Å². The van der Waals surface area contributed by atoms with Crippen molar-refractivity contribution in [2.45, 2.75) is 25.4 Å². The van der Waals surface area contributed by atoms with Crippen LogP contribution < -0.4 is 4.74 Å². The molecular weight excluding hydrogens is 356 g/mol. The Hall–Kier alpha value is -2.90. The van der Waals surface area contributed by atoms with Crippen molar-refractivity contribution in [2.75, 3.05) is 0 Å². The molecule has 2 atom stereocenters. The third kappa shape index (κ3) is 4.81. The van der Waals surface area contributed by atoms with Gasteiger partial charge < -0.3 is 9.47 Å². The van der Waals surface area contributed by atoms with Gasteiger partial charge in [-0.2, -0.15) is 13.2 Å². The Kier molecular flexibility index (Phi) is 5.97. The van der Waals surface area contributed by atoms with Gasteiger partial charge in [-0.05, 0) is 11.6 Å². The molecule has 0 N–H and O–H groups in total. The van der Waals surface area contributed by atoms with Crippen molar-refractivity contribution >= 4 is 11.9 Å². The van der Waals surface area contributed by atoms with Crippen LogP contribution in [0.5, 0.6) is 5.75 Å². The van der Waals surface area contributed by atoms with Crippen LogP contribution in [0.2, 0.25) is 0 Å². The minimum absolute atomic E-state index is 0.0234. The van der Waals surface area contributed by atoms with E-state index in [4.69, 9.17) is 4.74 Å². The lowest BCUT2D eigenvalue weighted by atomic mass is 9.98. The first-order chi connectivity index (χ1) is 12.2. The molecule has 0 fully saturated rings. The molecule has 0 saturated carbocycles. The third-order valence-electron chi connectivity index (χ3n) is 3.33. The lowest BCUT2D eigenvalue weighted by Gasteiger charge is -2.24. The highest BCUT2D eigenvalue weighted by Crippen LogP contribution is 2.40. The van der Waals surface area contributed by atoms with Crippen LogP contribution in [0.15, 0.2) is 54.6 Å². The zero-order chi connectivity index (χ0) is 19.3. The molecule has 4 nitrogen and oxygen atoms in total. The predicted molar refractivity (Wildman–Crippen MR) is 82.9 cm³/mol. The fourth-order valence-electron chi connectivity index (χ4n) is 2.24. The second-order valence-electron chi connectivity index (χ2n) is 5.27. The maximum absolute atomic E-state index is 15.1. The Labute approximate surface area is 146 Å². The van der Waals surface area contributed by atoms with Crippen LogP contribution in [0.1, 0.15) is 30.3 Å². The van der Waals surface area contributed by atoms with E-state index >= 15 is 4.39 Å². The first-order valence-corrected chi connectivity index (χ1v) is 7.44. The first kappa shape index (κ1) is 19.4. The largest absolute Gasteiger partial charge is 0.490 e. The number of rotatable bonds is 5. The summed E-state index contributed by atoms with van der Waals surface area (Å²) >= 11 is 0. The van der Waals surface area contributed by atoms with Gasteiger partial charge in [-0.3, -0.25) is 4.79 Å². The number of esters is 2. The van der Waals surface area contributed by atoms with Crippen LogP contribution in [0, 0.1) is 0 Å². The average Bonchev–Trinajstić information content (AvgIpc) is 2.58. The molecule has 8 heteroatoms. The maximum Gasteiger partial charge on any atom is 0.490 e. The second kappa shape index (κ2) is 7.99. The number of para-hydroxylation sites is 1. The number of alkyl halides is 4. The molecule has 0 unspecified atom stereocenters. The summed E-state index contributed by atoms with van der Waals surface area (Å²) in [6.07, 6.45) is -9.34. The highest BCUT2D eigenvalue weighted by atomic mass is 19.4. The molecule has 0 aliphatic heterocycles. The molecule has 0 bridgehead atoms.